The van der Waals surface area contributed by atoms with Crippen molar-refractivity contribution in [2.75, 3.05) is 32.8 Å². The lowest BCUT2D eigenvalue weighted by Gasteiger charge is -2.30. The molecule has 2 aromatic rings. The molecule has 1 aromatic carbocycles. The van der Waals surface area contributed by atoms with Crippen LogP contribution in [-0.2, 0) is 18.4 Å². The van der Waals surface area contributed by atoms with Gasteiger partial charge in [-0.1, -0.05) is 25.8 Å². The maximum absolute atomic E-state index is 5.84. The average molecular weight is 427 g/mol. The van der Waals surface area contributed by atoms with Gasteiger partial charge in [-0.25, -0.2) is 0 Å². The van der Waals surface area contributed by atoms with Gasteiger partial charge in [-0.05, 0) is 37.5 Å². The fourth-order valence-electron chi connectivity index (χ4n) is 4.57. The van der Waals surface area contributed by atoms with Crippen LogP contribution >= 0.6 is 0 Å². The zero-order chi connectivity index (χ0) is 21.5. The Morgan fingerprint density at radius 2 is 1.94 bits per heavy atom. The van der Waals surface area contributed by atoms with Gasteiger partial charge in [0.1, 0.15) is 25.4 Å². The van der Waals surface area contributed by atoms with Gasteiger partial charge in [0.2, 0.25) is 0 Å². The number of benzene rings is 1. The quantitative estimate of drug-likeness (QED) is 0.499. The zero-order valence-corrected chi connectivity index (χ0v) is 18.7. The van der Waals surface area contributed by atoms with Gasteiger partial charge in [0.05, 0.1) is 6.54 Å². The second kappa shape index (κ2) is 10.0. The van der Waals surface area contributed by atoms with Crippen LogP contribution in [0.5, 0.6) is 11.5 Å². The lowest BCUT2D eigenvalue weighted by atomic mass is 9.79. The lowest BCUT2D eigenvalue weighted by molar-refractivity contribution is 0.171. The summed E-state index contributed by atoms with van der Waals surface area (Å²) in [7, 11) is 0. The van der Waals surface area contributed by atoms with E-state index in [4.69, 9.17) is 14.5 Å². The first-order valence-corrected chi connectivity index (χ1v) is 11.5. The predicted octanol–water partition coefficient (Wildman–Crippen LogP) is 2.68. The lowest BCUT2D eigenvalue weighted by Crippen LogP contribution is -2.40. The molecule has 0 radical (unpaired) electrons. The Balaban J connectivity index is 1.45. The highest BCUT2D eigenvalue weighted by Crippen LogP contribution is 2.44. The number of aromatic nitrogens is 3. The molecule has 8 heteroatoms. The summed E-state index contributed by atoms with van der Waals surface area (Å²) in [6.07, 6.45) is 7.45. The SMILES string of the molecule is CCNC(=NCC1(c2ccc3c(c2)OCCO3)CCCC1)NCCn1cnnc1CC. The van der Waals surface area contributed by atoms with Crippen molar-refractivity contribution in [3.8, 4) is 11.5 Å². The number of nitrogens with one attached hydrogen (secondary N) is 2. The van der Waals surface area contributed by atoms with Crippen molar-refractivity contribution in [3.63, 3.8) is 0 Å². The summed E-state index contributed by atoms with van der Waals surface area (Å²) in [6, 6.07) is 6.43. The Morgan fingerprint density at radius 1 is 1.13 bits per heavy atom. The van der Waals surface area contributed by atoms with Crippen LogP contribution in [0.25, 0.3) is 0 Å². The number of nitrogens with zero attached hydrogens (tertiary/aromatic N) is 4. The van der Waals surface area contributed by atoms with E-state index in [9.17, 15) is 0 Å². The minimum atomic E-state index is 0.0574. The van der Waals surface area contributed by atoms with Crippen molar-refractivity contribution in [2.45, 2.75) is 57.9 Å². The van der Waals surface area contributed by atoms with Crippen LogP contribution in [-0.4, -0.2) is 53.6 Å². The number of hydrogen-bond donors (Lipinski definition) is 2. The molecule has 1 saturated carbocycles. The number of guanidine groups is 1. The second-order valence-corrected chi connectivity index (χ2v) is 8.26. The van der Waals surface area contributed by atoms with Crippen LogP contribution in [0.3, 0.4) is 0 Å². The smallest absolute Gasteiger partial charge is 0.191 e. The van der Waals surface area contributed by atoms with Crippen LogP contribution in [0.15, 0.2) is 29.5 Å². The van der Waals surface area contributed by atoms with Gasteiger partial charge in [-0.2, -0.15) is 0 Å². The number of aliphatic imine (C=N–C) groups is 1. The predicted molar refractivity (Wildman–Crippen MR) is 121 cm³/mol. The van der Waals surface area contributed by atoms with Gasteiger partial charge in [0.15, 0.2) is 17.5 Å². The molecular weight excluding hydrogens is 392 g/mol. The molecule has 0 atom stereocenters. The number of ether oxygens (including phenoxy) is 2. The third kappa shape index (κ3) is 4.94. The topological polar surface area (TPSA) is 85.6 Å². The summed E-state index contributed by atoms with van der Waals surface area (Å²) in [5, 5.41) is 15.0. The molecule has 0 bridgehead atoms. The van der Waals surface area contributed by atoms with Gasteiger partial charge >= 0.3 is 0 Å². The molecular formula is C23H34N6O2. The number of hydrogen-bond acceptors (Lipinski definition) is 5. The van der Waals surface area contributed by atoms with E-state index < -0.39 is 0 Å². The maximum Gasteiger partial charge on any atom is 0.191 e. The van der Waals surface area contributed by atoms with E-state index >= 15 is 0 Å². The Labute approximate surface area is 184 Å². The molecule has 2 N–H and O–H groups in total. The minimum Gasteiger partial charge on any atom is -0.486 e. The van der Waals surface area contributed by atoms with Crippen molar-refractivity contribution >= 4 is 5.96 Å². The highest BCUT2D eigenvalue weighted by molar-refractivity contribution is 5.79. The van der Waals surface area contributed by atoms with Crippen molar-refractivity contribution < 1.29 is 9.47 Å². The third-order valence-corrected chi connectivity index (χ3v) is 6.26. The van der Waals surface area contributed by atoms with Crippen molar-refractivity contribution in [1.82, 2.24) is 25.4 Å². The van der Waals surface area contributed by atoms with Gasteiger partial charge in [-0.3, -0.25) is 4.99 Å². The van der Waals surface area contributed by atoms with E-state index in [-0.39, 0.29) is 5.41 Å². The third-order valence-electron chi connectivity index (χ3n) is 6.26. The van der Waals surface area contributed by atoms with E-state index in [1.54, 1.807) is 6.33 Å². The van der Waals surface area contributed by atoms with E-state index in [1.807, 2.05) is 0 Å². The van der Waals surface area contributed by atoms with Crippen LogP contribution in [0.1, 0.15) is 50.9 Å². The first kappa shape index (κ1) is 21.5. The van der Waals surface area contributed by atoms with E-state index in [0.29, 0.717) is 13.2 Å². The Bertz CT molecular complexity index is 888. The molecule has 2 aliphatic rings. The molecule has 1 aliphatic heterocycles. The van der Waals surface area contributed by atoms with Crippen molar-refractivity contribution in [3.05, 3.63) is 35.9 Å². The summed E-state index contributed by atoms with van der Waals surface area (Å²) in [6.45, 7) is 8.60. The molecule has 8 nitrogen and oxygen atoms in total. The van der Waals surface area contributed by atoms with Crippen molar-refractivity contribution in [1.29, 1.82) is 0 Å². The summed E-state index contributed by atoms with van der Waals surface area (Å²) >= 11 is 0. The number of rotatable bonds is 8. The van der Waals surface area contributed by atoms with E-state index in [1.165, 1.54) is 18.4 Å². The summed E-state index contributed by atoms with van der Waals surface area (Å²) in [5.41, 5.74) is 1.37. The molecule has 0 saturated heterocycles. The van der Waals surface area contributed by atoms with Crippen LogP contribution in [0, 0.1) is 0 Å². The van der Waals surface area contributed by atoms with Crippen LogP contribution < -0.4 is 20.1 Å². The average Bonchev–Trinajstić information content (AvgIpc) is 3.47. The molecule has 168 valence electrons. The maximum atomic E-state index is 5.84. The highest BCUT2D eigenvalue weighted by Gasteiger charge is 2.36. The molecule has 1 aromatic heterocycles. The molecule has 0 spiro atoms. The molecule has 4 rings (SSSR count). The fourth-order valence-corrected chi connectivity index (χ4v) is 4.57. The van der Waals surface area contributed by atoms with E-state index in [0.717, 1.165) is 68.7 Å². The molecule has 0 unspecified atom stereocenters. The van der Waals surface area contributed by atoms with Crippen LogP contribution in [0.2, 0.25) is 0 Å². The molecule has 1 aliphatic carbocycles. The number of fused-ring (bicyclic) bond motifs is 1. The molecule has 0 amide bonds. The summed E-state index contributed by atoms with van der Waals surface area (Å²) in [4.78, 5) is 5.00. The van der Waals surface area contributed by atoms with Crippen LogP contribution in [0.4, 0.5) is 0 Å². The van der Waals surface area contributed by atoms with Crippen molar-refractivity contribution in [2.24, 2.45) is 4.99 Å². The summed E-state index contributed by atoms with van der Waals surface area (Å²) in [5.74, 6) is 3.58. The fraction of sp³-hybridized carbons (Fsp3) is 0.609. The largest absolute Gasteiger partial charge is 0.486 e. The Kier molecular flexibility index (Phi) is 6.94. The molecule has 31 heavy (non-hydrogen) atoms. The highest BCUT2D eigenvalue weighted by atomic mass is 16.6. The second-order valence-electron chi connectivity index (χ2n) is 8.26. The summed E-state index contributed by atoms with van der Waals surface area (Å²) < 4.78 is 13.6. The molecule has 1 fully saturated rings. The van der Waals surface area contributed by atoms with E-state index in [2.05, 4.69) is 57.4 Å². The monoisotopic (exact) mass is 426 g/mol. The van der Waals surface area contributed by atoms with Gasteiger partial charge < -0.3 is 24.7 Å². The minimum absolute atomic E-state index is 0.0574. The zero-order valence-electron chi connectivity index (χ0n) is 18.7. The Morgan fingerprint density at radius 3 is 2.71 bits per heavy atom. The molecule has 2 heterocycles. The first-order valence-electron chi connectivity index (χ1n) is 11.5. The number of aryl methyl sites for hydroxylation is 1. The van der Waals surface area contributed by atoms with Gasteiger partial charge in [0, 0.05) is 31.5 Å². The normalized spacial score (nSPS) is 17.5. The standard InChI is InChI=1S/C23H34N6O2/c1-3-21-28-27-17-29(21)12-11-25-22(24-4-2)26-16-23(9-5-6-10-23)18-7-8-19-20(15-18)31-14-13-30-19/h7-8,15,17H,3-6,9-14,16H2,1-2H3,(H2,24,25,26). The first-order chi connectivity index (χ1) is 15.2. The Hall–Kier alpha value is -2.77. The van der Waals surface area contributed by atoms with Gasteiger partial charge in [0.25, 0.3) is 0 Å². The van der Waals surface area contributed by atoms with Gasteiger partial charge in [-0.15, -0.1) is 10.2 Å².